The summed E-state index contributed by atoms with van der Waals surface area (Å²) in [6.45, 7) is 9.21. The van der Waals surface area contributed by atoms with E-state index in [1.807, 2.05) is 33.8 Å². The van der Waals surface area contributed by atoms with Gasteiger partial charge in [0.25, 0.3) is 5.95 Å². The van der Waals surface area contributed by atoms with E-state index in [0.29, 0.717) is 17.2 Å². The SMILES string of the molecule is Cc1cc(C)nc(-n2nc(C)c(CC(=O)Nc3ccc(C)c(C(=O)O)c3)c2C)n1. The first-order valence-electron chi connectivity index (χ1n) is 9.17. The van der Waals surface area contributed by atoms with Gasteiger partial charge in [-0.3, -0.25) is 4.79 Å². The van der Waals surface area contributed by atoms with Crippen LogP contribution in [0.3, 0.4) is 0 Å². The number of benzene rings is 1. The Morgan fingerprint density at radius 1 is 1.03 bits per heavy atom. The third-order valence-electron chi connectivity index (χ3n) is 4.69. The molecule has 0 unspecified atom stereocenters. The van der Waals surface area contributed by atoms with E-state index in [1.165, 1.54) is 6.07 Å². The van der Waals surface area contributed by atoms with Gasteiger partial charge in [0, 0.05) is 28.3 Å². The lowest BCUT2D eigenvalue weighted by Crippen LogP contribution is -2.16. The quantitative estimate of drug-likeness (QED) is 0.689. The van der Waals surface area contributed by atoms with Crippen LogP contribution in [0.5, 0.6) is 0 Å². The molecular formula is C21H23N5O3. The van der Waals surface area contributed by atoms with Gasteiger partial charge >= 0.3 is 5.97 Å². The average Bonchev–Trinajstić information content (AvgIpc) is 2.90. The smallest absolute Gasteiger partial charge is 0.336 e. The Bertz CT molecular complexity index is 1100. The molecule has 1 aromatic carbocycles. The molecule has 2 aromatic heterocycles. The molecule has 29 heavy (non-hydrogen) atoms. The van der Waals surface area contributed by atoms with Crippen LogP contribution in [-0.4, -0.2) is 36.7 Å². The molecule has 0 aliphatic carbocycles. The Labute approximate surface area is 168 Å². The lowest BCUT2D eigenvalue weighted by atomic mass is 10.1. The summed E-state index contributed by atoms with van der Waals surface area (Å²) in [6.07, 6.45) is 0.110. The van der Waals surface area contributed by atoms with Crippen LogP contribution in [0.4, 0.5) is 5.69 Å². The molecule has 0 aliphatic rings. The molecule has 0 saturated carbocycles. The fraction of sp³-hybridized carbons (Fsp3) is 0.286. The van der Waals surface area contributed by atoms with E-state index >= 15 is 0 Å². The maximum Gasteiger partial charge on any atom is 0.336 e. The average molecular weight is 393 g/mol. The number of hydrogen-bond acceptors (Lipinski definition) is 5. The van der Waals surface area contributed by atoms with Crippen LogP contribution in [0.25, 0.3) is 5.95 Å². The Kier molecular flexibility index (Phi) is 5.45. The molecule has 0 fully saturated rings. The number of aromatic carboxylic acids is 1. The molecule has 0 atom stereocenters. The Hall–Kier alpha value is -3.55. The van der Waals surface area contributed by atoms with Crippen LogP contribution in [0.1, 0.15) is 44.3 Å². The summed E-state index contributed by atoms with van der Waals surface area (Å²) in [6, 6.07) is 6.70. The van der Waals surface area contributed by atoms with Crippen LogP contribution in [0.15, 0.2) is 24.3 Å². The molecule has 1 amide bonds. The molecule has 0 radical (unpaired) electrons. The zero-order valence-corrected chi connectivity index (χ0v) is 17.1. The molecule has 0 saturated heterocycles. The number of rotatable bonds is 5. The van der Waals surface area contributed by atoms with E-state index in [1.54, 1.807) is 23.7 Å². The van der Waals surface area contributed by atoms with Gasteiger partial charge in [0.1, 0.15) is 0 Å². The summed E-state index contributed by atoms with van der Waals surface area (Å²) < 4.78 is 1.65. The number of anilines is 1. The number of carbonyl (C=O) groups is 2. The third-order valence-corrected chi connectivity index (χ3v) is 4.69. The number of hydrogen-bond donors (Lipinski definition) is 2. The molecular weight excluding hydrogens is 370 g/mol. The summed E-state index contributed by atoms with van der Waals surface area (Å²) in [5.74, 6) is -0.809. The van der Waals surface area contributed by atoms with Crippen molar-refractivity contribution in [1.82, 2.24) is 19.7 Å². The van der Waals surface area contributed by atoms with Crippen molar-refractivity contribution in [3.8, 4) is 5.95 Å². The normalized spacial score (nSPS) is 10.8. The predicted molar refractivity (Wildman–Crippen MR) is 109 cm³/mol. The first-order chi connectivity index (χ1) is 13.7. The third kappa shape index (κ3) is 4.31. The van der Waals surface area contributed by atoms with Gasteiger partial charge in [-0.25, -0.2) is 19.4 Å². The van der Waals surface area contributed by atoms with Gasteiger partial charge in [0.05, 0.1) is 17.7 Å². The van der Waals surface area contributed by atoms with Crippen molar-refractivity contribution in [2.45, 2.75) is 41.0 Å². The minimum absolute atomic E-state index is 0.110. The second-order valence-electron chi connectivity index (χ2n) is 7.07. The number of aryl methyl sites for hydroxylation is 4. The van der Waals surface area contributed by atoms with Gasteiger partial charge in [-0.05, 0) is 58.4 Å². The van der Waals surface area contributed by atoms with Crippen molar-refractivity contribution >= 4 is 17.6 Å². The minimum atomic E-state index is -1.03. The maximum atomic E-state index is 12.6. The molecule has 150 valence electrons. The standard InChI is InChI=1S/C21H23N5O3/c1-11-6-7-16(9-17(11)20(28)29)24-19(27)10-18-14(4)25-26(15(18)5)21-22-12(2)8-13(3)23-21/h6-9H,10H2,1-5H3,(H,24,27)(H,28,29). The van der Waals surface area contributed by atoms with Crippen LogP contribution in [0, 0.1) is 34.6 Å². The van der Waals surface area contributed by atoms with E-state index < -0.39 is 5.97 Å². The zero-order chi connectivity index (χ0) is 21.3. The predicted octanol–water partition coefficient (Wildman–Crippen LogP) is 3.08. The van der Waals surface area contributed by atoms with Crippen LogP contribution < -0.4 is 5.32 Å². The topological polar surface area (TPSA) is 110 Å². The summed E-state index contributed by atoms with van der Waals surface area (Å²) in [7, 11) is 0. The number of nitrogens with one attached hydrogen (secondary N) is 1. The van der Waals surface area contributed by atoms with Gasteiger partial charge < -0.3 is 10.4 Å². The first-order valence-corrected chi connectivity index (χ1v) is 9.17. The Balaban J connectivity index is 1.84. The zero-order valence-electron chi connectivity index (χ0n) is 17.1. The van der Waals surface area contributed by atoms with Gasteiger partial charge in [0.15, 0.2) is 0 Å². The lowest BCUT2D eigenvalue weighted by Gasteiger charge is -2.09. The molecule has 3 rings (SSSR count). The van der Waals surface area contributed by atoms with Crippen molar-refractivity contribution in [3.05, 3.63) is 63.7 Å². The molecule has 8 heteroatoms. The van der Waals surface area contributed by atoms with E-state index in [-0.39, 0.29) is 17.9 Å². The molecule has 0 spiro atoms. The summed E-state index contributed by atoms with van der Waals surface area (Å²) in [4.78, 5) is 32.7. The maximum absolute atomic E-state index is 12.6. The highest BCUT2D eigenvalue weighted by molar-refractivity contribution is 5.95. The Morgan fingerprint density at radius 2 is 1.69 bits per heavy atom. The van der Waals surface area contributed by atoms with E-state index in [4.69, 9.17) is 0 Å². The number of nitrogens with zero attached hydrogens (tertiary/aromatic N) is 4. The van der Waals surface area contributed by atoms with Crippen molar-refractivity contribution in [2.75, 3.05) is 5.32 Å². The summed E-state index contributed by atoms with van der Waals surface area (Å²) in [5.41, 5.74) is 5.22. The van der Waals surface area contributed by atoms with Gasteiger partial charge in [-0.2, -0.15) is 5.10 Å². The van der Waals surface area contributed by atoms with Crippen LogP contribution in [-0.2, 0) is 11.2 Å². The Morgan fingerprint density at radius 3 is 2.31 bits per heavy atom. The van der Waals surface area contributed by atoms with Crippen molar-refractivity contribution in [1.29, 1.82) is 0 Å². The molecule has 0 aliphatic heterocycles. The second-order valence-corrected chi connectivity index (χ2v) is 7.07. The number of carboxylic acid groups (broad SMARTS) is 1. The highest BCUT2D eigenvalue weighted by Crippen LogP contribution is 2.19. The molecule has 8 nitrogen and oxygen atoms in total. The van der Waals surface area contributed by atoms with Gasteiger partial charge in [-0.1, -0.05) is 6.07 Å². The number of carboxylic acids is 1. The van der Waals surface area contributed by atoms with Gasteiger partial charge in [0.2, 0.25) is 5.91 Å². The van der Waals surface area contributed by atoms with E-state index in [0.717, 1.165) is 28.3 Å². The lowest BCUT2D eigenvalue weighted by molar-refractivity contribution is -0.115. The largest absolute Gasteiger partial charge is 0.478 e. The van der Waals surface area contributed by atoms with E-state index in [2.05, 4.69) is 20.4 Å². The molecule has 2 heterocycles. The minimum Gasteiger partial charge on any atom is -0.478 e. The van der Waals surface area contributed by atoms with Crippen LogP contribution >= 0.6 is 0 Å². The second kappa shape index (κ2) is 7.83. The summed E-state index contributed by atoms with van der Waals surface area (Å²) in [5, 5.41) is 16.5. The van der Waals surface area contributed by atoms with Crippen molar-refractivity contribution in [3.63, 3.8) is 0 Å². The molecule has 3 aromatic rings. The number of amides is 1. The van der Waals surface area contributed by atoms with Crippen molar-refractivity contribution in [2.24, 2.45) is 0 Å². The summed E-state index contributed by atoms with van der Waals surface area (Å²) >= 11 is 0. The van der Waals surface area contributed by atoms with Crippen molar-refractivity contribution < 1.29 is 14.7 Å². The fourth-order valence-corrected chi connectivity index (χ4v) is 3.22. The van der Waals surface area contributed by atoms with E-state index in [9.17, 15) is 14.7 Å². The number of carbonyl (C=O) groups excluding carboxylic acids is 1. The monoisotopic (exact) mass is 393 g/mol. The highest BCUT2D eigenvalue weighted by atomic mass is 16.4. The highest BCUT2D eigenvalue weighted by Gasteiger charge is 2.18. The molecule has 2 N–H and O–H groups in total. The number of aromatic nitrogens is 4. The molecule has 0 bridgehead atoms. The van der Waals surface area contributed by atoms with Crippen LogP contribution in [0.2, 0.25) is 0 Å². The fourth-order valence-electron chi connectivity index (χ4n) is 3.22. The first kappa shape index (κ1) is 20.2. The van der Waals surface area contributed by atoms with Gasteiger partial charge in [-0.15, -0.1) is 0 Å².